The van der Waals surface area contributed by atoms with Gasteiger partial charge in [-0.15, -0.1) is 11.3 Å². The third-order valence-electron chi connectivity index (χ3n) is 2.89. The molecule has 1 aromatic heterocycles. The topological polar surface area (TPSA) is 24.9 Å². The van der Waals surface area contributed by atoms with E-state index >= 15 is 0 Å². The molecule has 2 fully saturated rings. The van der Waals surface area contributed by atoms with E-state index < -0.39 is 0 Å². The van der Waals surface area contributed by atoms with Crippen LogP contribution in [-0.2, 0) is 6.42 Å². The largest absolute Gasteiger partial charge is 0.316 e. The molecule has 1 saturated carbocycles. The number of hydrogen-bond donors (Lipinski definition) is 1. The zero-order valence-electron chi connectivity index (χ0n) is 7.62. The Balaban J connectivity index is 1.66. The average Bonchev–Trinajstić information content (AvgIpc) is 2.80. The smallest absolute Gasteiger partial charge is 0.0932 e. The molecule has 3 rings (SSSR count). The van der Waals surface area contributed by atoms with Crippen LogP contribution in [0.5, 0.6) is 0 Å². The molecule has 0 spiro atoms. The summed E-state index contributed by atoms with van der Waals surface area (Å²) in [5.41, 5.74) is 1.37. The van der Waals surface area contributed by atoms with Crippen molar-refractivity contribution in [2.75, 3.05) is 13.1 Å². The molecule has 3 heteroatoms. The summed E-state index contributed by atoms with van der Waals surface area (Å²) in [5.74, 6) is 1.68. The van der Waals surface area contributed by atoms with Gasteiger partial charge in [-0.05, 0) is 31.8 Å². The van der Waals surface area contributed by atoms with Gasteiger partial charge in [0.05, 0.1) is 10.7 Å². The first-order valence-corrected chi connectivity index (χ1v) is 5.95. The van der Waals surface area contributed by atoms with Crippen molar-refractivity contribution in [1.29, 1.82) is 0 Å². The molecule has 1 saturated heterocycles. The molecule has 1 aliphatic heterocycles. The van der Waals surface area contributed by atoms with Crippen molar-refractivity contribution in [3.05, 3.63) is 16.1 Å². The van der Waals surface area contributed by atoms with Gasteiger partial charge >= 0.3 is 0 Å². The van der Waals surface area contributed by atoms with Crippen LogP contribution in [0.3, 0.4) is 0 Å². The number of thiazole rings is 1. The predicted molar refractivity (Wildman–Crippen MR) is 54.2 cm³/mol. The first-order chi connectivity index (χ1) is 6.42. The molecule has 2 heterocycles. The van der Waals surface area contributed by atoms with Crippen LogP contribution in [0.15, 0.2) is 5.38 Å². The van der Waals surface area contributed by atoms with Crippen molar-refractivity contribution < 1.29 is 0 Å². The third-order valence-corrected chi connectivity index (χ3v) is 3.78. The molecule has 0 aromatic carbocycles. The molecule has 1 aromatic rings. The van der Waals surface area contributed by atoms with Crippen molar-refractivity contribution in [3.8, 4) is 0 Å². The highest BCUT2D eigenvalue weighted by molar-refractivity contribution is 7.09. The second-order valence-corrected chi connectivity index (χ2v) is 5.11. The molecule has 0 atom stereocenters. The second-order valence-electron chi connectivity index (χ2n) is 4.17. The molecule has 13 heavy (non-hydrogen) atoms. The van der Waals surface area contributed by atoms with Crippen molar-refractivity contribution in [1.82, 2.24) is 10.3 Å². The quantitative estimate of drug-likeness (QED) is 0.793. The van der Waals surface area contributed by atoms with Gasteiger partial charge in [-0.1, -0.05) is 0 Å². The zero-order chi connectivity index (χ0) is 8.67. The van der Waals surface area contributed by atoms with Crippen molar-refractivity contribution in [2.45, 2.75) is 25.2 Å². The normalized spacial score (nSPS) is 23.1. The summed E-state index contributed by atoms with van der Waals surface area (Å²) in [6.45, 7) is 2.39. The van der Waals surface area contributed by atoms with Crippen LogP contribution in [0.25, 0.3) is 0 Å². The monoisotopic (exact) mass is 194 g/mol. The highest BCUT2D eigenvalue weighted by Crippen LogP contribution is 2.40. The standard InChI is InChI=1S/C10H14N2S/c1-2-8(1)9-6-13-10(12-9)3-7-4-11-5-7/h6-8,11H,1-5H2. The lowest BCUT2D eigenvalue weighted by Gasteiger charge is -2.25. The van der Waals surface area contributed by atoms with E-state index in [1.54, 1.807) is 0 Å². The summed E-state index contributed by atoms with van der Waals surface area (Å²) in [6.07, 6.45) is 3.94. The first kappa shape index (κ1) is 7.94. The van der Waals surface area contributed by atoms with Crippen LogP contribution in [0.2, 0.25) is 0 Å². The number of nitrogens with zero attached hydrogens (tertiary/aromatic N) is 1. The minimum atomic E-state index is 0.824. The van der Waals surface area contributed by atoms with Crippen molar-refractivity contribution >= 4 is 11.3 Å². The number of hydrogen-bond acceptors (Lipinski definition) is 3. The maximum atomic E-state index is 4.68. The molecule has 0 unspecified atom stereocenters. The van der Waals surface area contributed by atoms with Gasteiger partial charge in [0.25, 0.3) is 0 Å². The van der Waals surface area contributed by atoms with Gasteiger partial charge in [-0.2, -0.15) is 0 Å². The van der Waals surface area contributed by atoms with E-state index in [-0.39, 0.29) is 0 Å². The average molecular weight is 194 g/mol. The SMILES string of the molecule is c1sc(CC2CNC2)nc1C1CC1. The summed E-state index contributed by atoms with van der Waals surface area (Å²) in [5, 5.41) is 6.92. The molecule has 2 nitrogen and oxygen atoms in total. The van der Waals surface area contributed by atoms with Gasteiger partial charge in [-0.3, -0.25) is 0 Å². The zero-order valence-corrected chi connectivity index (χ0v) is 8.44. The van der Waals surface area contributed by atoms with Crippen LogP contribution in [0.4, 0.5) is 0 Å². The minimum absolute atomic E-state index is 0.824. The highest BCUT2D eigenvalue weighted by atomic mass is 32.1. The van der Waals surface area contributed by atoms with Crippen LogP contribution < -0.4 is 5.32 Å². The van der Waals surface area contributed by atoms with E-state index in [2.05, 4.69) is 15.7 Å². The maximum absolute atomic E-state index is 4.68. The molecule has 70 valence electrons. The Morgan fingerprint density at radius 3 is 2.92 bits per heavy atom. The molecule has 1 aliphatic carbocycles. The van der Waals surface area contributed by atoms with Gasteiger partial charge in [0, 0.05) is 17.7 Å². The Bertz CT molecular complexity index is 300. The predicted octanol–water partition coefficient (Wildman–Crippen LogP) is 1.78. The van der Waals surface area contributed by atoms with Gasteiger partial charge in [0.15, 0.2) is 0 Å². The molecule has 0 bridgehead atoms. The van der Waals surface area contributed by atoms with Crippen LogP contribution in [0, 0.1) is 5.92 Å². The summed E-state index contributed by atoms with van der Waals surface area (Å²) < 4.78 is 0. The Morgan fingerprint density at radius 2 is 2.31 bits per heavy atom. The van der Waals surface area contributed by atoms with E-state index in [0.29, 0.717) is 0 Å². The van der Waals surface area contributed by atoms with E-state index in [1.807, 2.05) is 11.3 Å². The Labute approximate surface area is 82.4 Å². The Hall–Kier alpha value is -0.410. The van der Waals surface area contributed by atoms with Crippen LogP contribution in [0.1, 0.15) is 29.5 Å². The molecule has 1 N–H and O–H groups in total. The lowest BCUT2D eigenvalue weighted by Crippen LogP contribution is -2.43. The Kier molecular flexibility index (Phi) is 1.87. The van der Waals surface area contributed by atoms with Crippen molar-refractivity contribution in [3.63, 3.8) is 0 Å². The maximum Gasteiger partial charge on any atom is 0.0932 e. The summed E-state index contributed by atoms with van der Waals surface area (Å²) in [6, 6.07) is 0. The number of nitrogens with one attached hydrogen (secondary N) is 1. The summed E-state index contributed by atoms with van der Waals surface area (Å²) >= 11 is 1.86. The van der Waals surface area contributed by atoms with E-state index in [9.17, 15) is 0 Å². The van der Waals surface area contributed by atoms with Crippen molar-refractivity contribution in [2.24, 2.45) is 5.92 Å². The van der Waals surface area contributed by atoms with Gasteiger partial charge in [-0.25, -0.2) is 4.98 Å². The molecule has 2 aliphatic rings. The molecule has 0 amide bonds. The molecular formula is C10H14N2S. The fraction of sp³-hybridized carbons (Fsp3) is 0.700. The highest BCUT2D eigenvalue weighted by Gasteiger charge is 2.26. The second kappa shape index (κ2) is 3.07. The molecule has 0 radical (unpaired) electrons. The lowest BCUT2D eigenvalue weighted by molar-refractivity contribution is 0.346. The lowest BCUT2D eigenvalue weighted by atomic mass is 10.0. The number of rotatable bonds is 3. The number of aromatic nitrogens is 1. The van der Waals surface area contributed by atoms with E-state index in [4.69, 9.17) is 0 Å². The van der Waals surface area contributed by atoms with Crippen LogP contribution in [-0.4, -0.2) is 18.1 Å². The first-order valence-electron chi connectivity index (χ1n) is 5.07. The fourth-order valence-electron chi connectivity index (χ4n) is 1.73. The van der Waals surface area contributed by atoms with Crippen LogP contribution >= 0.6 is 11.3 Å². The minimum Gasteiger partial charge on any atom is -0.316 e. The summed E-state index contributed by atoms with van der Waals surface area (Å²) in [4.78, 5) is 4.68. The Morgan fingerprint density at radius 1 is 1.46 bits per heavy atom. The van der Waals surface area contributed by atoms with E-state index in [0.717, 1.165) is 11.8 Å². The van der Waals surface area contributed by atoms with E-state index in [1.165, 1.54) is 43.1 Å². The molecular weight excluding hydrogens is 180 g/mol. The van der Waals surface area contributed by atoms with Gasteiger partial charge in [0.2, 0.25) is 0 Å². The fourth-order valence-corrected chi connectivity index (χ4v) is 2.72. The summed E-state index contributed by atoms with van der Waals surface area (Å²) in [7, 11) is 0. The van der Waals surface area contributed by atoms with Gasteiger partial charge in [0.1, 0.15) is 0 Å². The van der Waals surface area contributed by atoms with Gasteiger partial charge < -0.3 is 5.32 Å². The third kappa shape index (κ3) is 1.63.